The van der Waals surface area contributed by atoms with Crippen molar-refractivity contribution in [2.24, 2.45) is 0 Å². The molecular formula is C17H21N3O2S. The van der Waals surface area contributed by atoms with Crippen molar-refractivity contribution >= 4 is 28.8 Å². The van der Waals surface area contributed by atoms with E-state index in [1.165, 1.54) is 12.5 Å². The number of benzene rings is 1. The van der Waals surface area contributed by atoms with E-state index in [0.29, 0.717) is 17.8 Å². The summed E-state index contributed by atoms with van der Waals surface area (Å²) in [7, 11) is 3.99. The molecule has 0 spiro atoms. The van der Waals surface area contributed by atoms with Gasteiger partial charge in [-0.05, 0) is 60.8 Å². The molecule has 6 heteroatoms. The highest BCUT2D eigenvalue weighted by molar-refractivity contribution is 7.07. The van der Waals surface area contributed by atoms with Crippen molar-refractivity contribution in [1.82, 2.24) is 10.2 Å². The minimum Gasteiger partial charge on any atom is -0.350 e. The van der Waals surface area contributed by atoms with Crippen molar-refractivity contribution in [3.05, 3.63) is 52.2 Å². The van der Waals surface area contributed by atoms with Crippen molar-refractivity contribution in [1.29, 1.82) is 0 Å². The fourth-order valence-corrected chi connectivity index (χ4v) is 2.97. The monoisotopic (exact) mass is 331 g/mol. The molecule has 2 N–H and O–H groups in total. The SMILES string of the molecule is CC(=O)Nc1ccc(C(=O)NC[C@@H](c2ccsc2)N(C)C)cc1. The Kier molecular flexibility index (Phi) is 5.90. The summed E-state index contributed by atoms with van der Waals surface area (Å²) in [6.45, 7) is 1.99. The average molecular weight is 331 g/mol. The second-order valence-corrected chi connectivity index (χ2v) is 6.28. The lowest BCUT2D eigenvalue weighted by molar-refractivity contribution is -0.114. The van der Waals surface area contributed by atoms with Gasteiger partial charge in [0.2, 0.25) is 5.91 Å². The summed E-state index contributed by atoms with van der Waals surface area (Å²) >= 11 is 1.65. The molecule has 0 radical (unpaired) electrons. The summed E-state index contributed by atoms with van der Waals surface area (Å²) in [5.74, 6) is -0.256. The lowest BCUT2D eigenvalue weighted by Crippen LogP contribution is -2.34. The highest BCUT2D eigenvalue weighted by Crippen LogP contribution is 2.20. The Balaban J connectivity index is 1.97. The van der Waals surface area contributed by atoms with Gasteiger partial charge in [0.1, 0.15) is 0 Å². The molecule has 1 aromatic carbocycles. The first-order valence-corrected chi connectivity index (χ1v) is 8.26. The molecule has 0 aliphatic carbocycles. The molecule has 1 atom stereocenters. The molecule has 2 rings (SSSR count). The third-order valence-corrected chi connectivity index (χ3v) is 4.18. The highest BCUT2D eigenvalue weighted by atomic mass is 32.1. The number of nitrogens with zero attached hydrogens (tertiary/aromatic N) is 1. The van der Waals surface area contributed by atoms with Crippen LogP contribution in [-0.4, -0.2) is 37.4 Å². The van der Waals surface area contributed by atoms with Crippen LogP contribution in [0.25, 0.3) is 0 Å². The molecule has 1 aromatic heterocycles. The zero-order chi connectivity index (χ0) is 16.8. The van der Waals surface area contributed by atoms with E-state index in [2.05, 4.69) is 27.0 Å². The third-order valence-electron chi connectivity index (χ3n) is 3.47. The lowest BCUT2D eigenvalue weighted by atomic mass is 10.1. The first-order chi connectivity index (χ1) is 11.0. The lowest BCUT2D eigenvalue weighted by Gasteiger charge is -2.24. The van der Waals surface area contributed by atoms with E-state index in [0.717, 1.165) is 0 Å². The van der Waals surface area contributed by atoms with Gasteiger partial charge in [-0.1, -0.05) is 0 Å². The topological polar surface area (TPSA) is 61.4 Å². The maximum atomic E-state index is 12.3. The zero-order valence-electron chi connectivity index (χ0n) is 13.5. The first kappa shape index (κ1) is 17.2. The summed E-state index contributed by atoms with van der Waals surface area (Å²) in [4.78, 5) is 25.3. The van der Waals surface area contributed by atoms with E-state index in [4.69, 9.17) is 0 Å². The fraction of sp³-hybridized carbons (Fsp3) is 0.294. The van der Waals surface area contributed by atoms with Crippen LogP contribution in [0, 0.1) is 0 Å². The molecule has 2 amide bonds. The number of likely N-dealkylation sites (N-methyl/N-ethyl adjacent to an activating group) is 1. The van der Waals surface area contributed by atoms with Crippen LogP contribution < -0.4 is 10.6 Å². The zero-order valence-corrected chi connectivity index (χ0v) is 14.3. The summed E-state index contributed by atoms with van der Waals surface area (Å²) in [6.07, 6.45) is 0. The van der Waals surface area contributed by atoms with Crippen LogP contribution in [0.2, 0.25) is 0 Å². The van der Waals surface area contributed by atoms with E-state index in [1.807, 2.05) is 19.5 Å². The van der Waals surface area contributed by atoms with Gasteiger partial charge in [-0.2, -0.15) is 11.3 Å². The molecule has 0 unspecified atom stereocenters. The van der Waals surface area contributed by atoms with E-state index >= 15 is 0 Å². The normalized spacial score (nSPS) is 12.0. The number of carbonyl (C=O) groups is 2. The number of hydrogen-bond acceptors (Lipinski definition) is 4. The van der Waals surface area contributed by atoms with Gasteiger partial charge in [-0.3, -0.25) is 9.59 Å². The number of amides is 2. The Labute approximate surface area is 140 Å². The summed E-state index contributed by atoms with van der Waals surface area (Å²) < 4.78 is 0. The molecule has 0 saturated heterocycles. The van der Waals surface area contributed by atoms with Gasteiger partial charge in [0, 0.05) is 24.7 Å². The summed E-state index contributed by atoms with van der Waals surface area (Å²) in [5.41, 5.74) is 2.45. The van der Waals surface area contributed by atoms with Gasteiger partial charge in [-0.25, -0.2) is 0 Å². The quantitative estimate of drug-likeness (QED) is 0.855. The highest BCUT2D eigenvalue weighted by Gasteiger charge is 2.16. The summed E-state index contributed by atoms with van der Waals surface area (Å²) in [6, 6.07) is 9.07. The maximum absolute atomic E-state index is 12.3. The van der Waals surface area contributed by atoms with Crippen LogP contribution in [0.15, 0.2) is 41.1 Å². The van der Waals surface area contributed by atoms with Crippen LogP contribution in [0.3, 0.4) is 0 Å². The van der Waals surface area contributed by atoms with Crippen LogP contribution in [-0.2, 0) is 4.79 Å². The smallest absolute Gasteiger partial charge is 0.251 e. The number of carbonyl (C=O) groups excluding carboxylic acids is 2. The van der Waals surface area contributed by atoms with E-state index in [1.54, 1.807) is 35.6 Å². The van der Waals surface area contributed by atoms with Crippen LogP contribution >= 0.6 is 11.3 Å². The second kappa shape index (κ2) is 7.89. The Morgan fingerprint density at radius 3 is 2.39 bits per heavy atom. The Bertz CT molecular complexity index is 651. The molecule has 5 nitrogen and oxygen atoms in total. The fourth-order valence-electron chi connectivity index (χ4n) is 2.26. The first-order valence-electron chi connectivity index (χ1n) is 7.31. The maximum Gasteiger partial charge on any atom is 0.251 e. The molecule has 0 saturated carbocycles. The van der Waals surface area contributed by atoms with Crippen LogP contribution in [0.1, 0.15) is 28.9 Å². The molecule has 0 bridgehead atoms. The van der Waals surface area contributed by atoms with Gasteiger partial charge in [0.15, 0.2) is 0 Å². The number of anilines is 1. The predicted molar refractivity (Wildman–Crippen MR) is 93.8 cm³/mol. The predicted octanol–water partition coefficient (Wildman–Crippen LogP) is 2.74. The minimum atomic E-state index is -0.133. The van der Waals surface area contributed by atoms with Gasteiger partial charge >= 0.3 is 0 Å². The molecule has 0 aliphatic rings. The second-order valence-electron chi connectivity index (χ2n) is 5.50. The molecule has 23 heavy (non-hydrogen) atoms. The molecule has 1 heterocycles. The van der Waals surface area contributed by atoms with Crippen LogP contribution in [0.4, 0.5) is 5.69 Å². The van der Waals surface area contributed by atoms with E-state index in [-0.39, 0.29) is 17.9 Å². The molecule has 122 valence electrons. The average Bonchev–Trinajstić information content (AvgIpc) is 3.01. The van der Waals surface area contributed by atoms with E-state index < -0.39 is 0 Å². The molecule has 2 aromatic rings. The van der Waals surface area contributed by atoms with Crippen molar-refractivity contribution in [3.8, 4) is 0 Å². The summed E-state index contributed by atoms with van der Waals surface area (Å²) in [5, 5.41) is 9.78. The van der Waals surface area contributed by atoms with Crippen molar-refractivity contribution in [2.75, 3.05) is 26.0 Å². The Morgan fingerprint density at radius 1 is 1.17 bits per heavy atom. The third kappa shape index (κ3) is 4.91. The standard InChI is InChI=1S/C17H21N3O2S/c1-12(21)19-15-6-4-13(5-7-15)17(22)18-10-16(20(2)3)14-8-9-23-11-14/h4-9,11,16H,10H2,1-3H3,(H,18,22)(H,19,21)/t16-/m0/s1. The molecular weight excluding hydrogens is 310 g/mol. The van der Waals surface area contributed by atoms with E-state index in [9.17, 15) is 9.59 Å². The van der Waals surface area contributed by atoms with Gasteiger partial charge < -0.3 is 15.5 Å². The number of thiophene rings is 1. The number of nitrogens with one attached hydrogen (secondary N) is 2. The van der Waals surface area contributed by atoms with Gasteiger partial charge in [0.05, 0.1) is 6.04 Å². The molecule has 0 aliphatic heterocycles. The van der Waals surface area contributed by atoms with Crippen molar-refractivity contribution in [2.45, 2.75) is 13.0 Å². The number of rotatable bonds is 6. The molecule has 0 fully saturated rings. The number of hydrogen-bond donors (Lipinski definition) is 2. The largest absolute Gasteiger partial charge is 0.350 e. The Hall–Kier alpha value is -2.18. The Morgan fingerprint density at radius 2 is 1.87 bits per heavy atom. The van der Waals surface area contributed by atoms with Gasteiger partial charge in [-0.15, -0.1) is 0 Å². The minimum absolute atomic E-state index is 0.124. The van der Waals surface area contributed by atoms with Gasteiger partial charge in [0.25, 0.3) is 5.91 Å². The van der Waals surface area contributed by atoms with Crippen LogP contribution in [0.5, 0.6) is 0 Å². The van der Waals surface area contributed by atoms with Crippen molar-refractivity contribution < 1.29 is 9.59 Å². The van der Waals surface area contributed by atoms with Crippen molar-refractivity contribution in [3.63, 3.8) is 0 Å².